The van der Waals surface area contributed by atoms with Gasteiger partial charge in [0.25, 0.3) is 10.9 Å². The van der Waals surface area contributed by atoms with E-state index in [1.807, 2.05) is 26.0 Å². The maximum atomic E-state index is 11.5. The highest BCUT2D eigenvalue weighted by Crippen LogP contribution is 2.25. The van der Waals surface area contributed by atoms with E-state index in [2.05, 4.69) is 5.32 Å². The van der Waals surface area contributed by atoms with Gasteiger partial charge in [-0.25, -0.2) is 0 Å². The molecule has 0 radical (unpaired) electrons. The van der Waals surface area contributed by atoms with Crippen molar-refractivity contribution in [2.45, 2.75) is 20.8 Å². The van der Waals surface area contributed by atoms with Crippen molar-refractivity contribution >= 4 is 17.1 Å². The summed E-state index contributed by atoms with van der Waals surface area (Å²) in [6, 6.07) is 14.3. The van der Waals surface area contributed by atoms with Crippen LogP contribution in [0.15, 0.2) is 46.0 Å². The van der Waals surface area contributed by atoms with Gasteiger partial charge in [0, 0.05) is 11.4 Å². The van der Waals surface area contributed by atoms with Gasteiger partial charge in [-0.05, 0) is 68.3 Å². The second-order valence-electron chi connectivity index (χ2n) is 6.25. The van der Waals surface area contributed by atoms with Crippen LogP contribution in [0.2, 0.25) is 0 Å². The van der Waals surface area contributed by atoms with Crippen LogP contribution in [0.1, 0.15) is 29.2 Å². The molecular weight excluding hydrogens is 368 g/mol. The maximum absolute atomic E-state index is 11.5. The molecule has 0 spiro atoms. The number of rotatable bonds is 4. The molecule has 0 unspecified atom stereocenters. The number of ether oxygens (including phenoxy) is 1. The monoisotopic (exact) mass is 388 g/mol. The molecule has 0 saturated heterocycles. The number of nitrogens with two attached hydrogens (primary N) is 1. The zero-order valence-electron chi connectivity index (χ0n) is 16.4. The Labute approximate surface area is 168 Å². The lowest BCUT2D eigenvalue weighted by Gasteiger charge is -2.14. The molecule has 0 amide bonds. The van der Waals surface area contributed by atoms with Crippen LogP contribution in [0, 0.1) is 36.5 Å². The van der Waals surface area contributed by atoms with E-state index in [9.17, 15) is 9.59 Å². The molecule has 29 heavy (non-hydrogen) atoms. The van der Waals surface area contributed by atoms with Crippen LogP contribution < -0.4 is 26.6 Å². The van der Waals surface area contributed by atoms with Gasteiger partial charge in [-0.1, -0.05) is 0 Å². The Bertz CT molecular complexity index is 1190. The molecule has 3 aromatic carbocycles. The fraction of sp³-hybridized carbons (Fsp3) is 0.182. The highest BCUT2D eigenvalue weighted by Gasteiger charge is 2.22. The number of aryl methyl sites for hydroxylation is 2. The molecule has 0 aliphatic heterocycles. The van der Waals surface area contributed by atoms with Gasteiger partial charge in [0.05, 0.1) is 29.9 Å². The molecule has 0 saturated carbocycles. The van der Waals surface area contributed by atoms with Crippen molar-refractivity contribution in [3.63, 3.8) is 0 Å². The van der Waals surface area contributed by atoms with E-state index in [1.165, 1.54) is 0 Å². The lowest BCUT2D eigenvalue weighted by Crippen LogP contribution is -2.35. The van der Waals surface area contributed by atoms with Gasteiger partial charge in [0.1, 0.15) is 5.69 Å². The minimum atomic E-state index is -0.601. The van der Waals surface area contributed by atoms with Crippen LogP contribution in [0.3, 0.4) is 0 Å². The summed E-state index contributed by atoms with van der Waals surface area (Å²) in [7, 11) is 0. The molecule has 3 N–H and O–H groups in total. The van der Waals surface area contributed by atoms with Gasteiger partial charge >= 0.3 is 0 Å². The molecule has 7 nitrogen and oxygen atoms in total. The van der Waals surface area contributed by atoms with E-state index in [4.69, 9.17) is 21.0 Å². The maximum Gasteiger partial charge on any atom is 0.272 e. The van der Waals surface area contributed by atoms with Crippen LogP contribution >= 0.6 is 0 Å². The number of hydrogen-bond donors (Lipinski definition) is 2. The number of nitrogens with one attached hydrogen (secondary N) is 1. The fourth-order valence-corrected chi connectivity index (χ4v) is 2.52. The molecular formula is C22H20N4O3. The third kappa shape index (κ3) is 4.79. The molecule has 0 aliphatic carbocycles. The average Bonchev–Trinajstić information content (AvgIpc) is 2.73. The van der Waals surface area contributed by atoms with E-state index in [-0.39, 0.29) is 11.4 Å². The first kappa shape index (κ1) is 21.2. The summed E-state index contributed by atoms with van der Waals surface area (Å²) in [5.41, 5.74) is 8.92. The number of anilines is 3. The lowest BCUT2D eigenvalue weighted by atomic mass is 10.1. The lowest BCUT2D eigenvalue weighted by molar-refractivity contribution is 0.335. The van der Waals surface area contributed by atoms with Crippen molar-refractivity contribution in [2.75, 3.05) is 17.7 Å². The normalized spacial score (nSPS) is 9.69. The molecule has 146 valence electrons. The Morgan fingerprint density at radius 1 is 0.966 bits per heavy atom. The first-order valence-electron chi connectivity index (χ1n) is 8.82. The largest absolute Gasteiger partial charge is 0.488 e. The summed E-state index contributed by atoms with van der Waals surface area (Å²) in [4.78, 5) is 22.8. The Balaban J connectivity index is 0.000000253. The summed E-state index contributed by atoms with van der Waals surface area (Å²) in [6.45, 7) is 5.77. The smallest absolute Gasteiger partial charge is 0.272 e. The quantitative estimate of drug-likeness (QED) is 0.519. The minimum Gasteiger partial charge on any atom is -0.488 e. The molecule has 3 aromatic rings. The van der Waals surface area contributed by atoms with E-state index >= 15 is 0 Å². The molecule has 3 rings (SSSR count). The second-order valence-corrected chi connectivity index (χ2v) is 6.25. The fourth-order valence-electron chi connectivity index (χ4n) is 2.52. The number of benzene rings is 2. The van der Waals surface area contributed by atoms with Gasteiger partial charge in [0.2, 0.25) is 0 Å². The van der Waals surface area contributed by atoms with E-state index in [0.29, 0.717) is 23.4 Å². The van der Waals surface area contributed by atoms with Crippen molar-refractivity contribution in [3.8, 4) is 17.9 Å². The Hall–Kier alpha value is -4.10. The SMILES string of the molecule is CCOc1c(Nc2ccc(C#N)cc2C)c(=O)c1=O.Cc1cc(C#N)ccc1N. The Morgan fingerprint density at radius 3 is 2.07 bits per heavy atom. The van der Waals surface area contributed by atoms with Crippen LogP contribution in [0.5, 0.6) is 5.75 Å². The predicted octanol–water partition coefficient (Wildman–Crippen LogP) is 3.05. The third-order valence-electron chi connectivity index (χ3n) is 4.17. The predicted molar refractivity (Wildman–Crippen MR) is 112 cm³/mol. The average molecular weight is 388 g/mol. The molecule has 0 fully saturated rings. The highest BCUT2D eigenvalue weighted by atomic mass is 16.5. The van der Waals surface area contributed by atoms with Crippen molar-refractivity contribution in [1.82, 2.24) is 0 Å². The van der Waals surface area contributed by atoms with E-state index < -0.39 is 10.9 Å². The van der Waals surface area contributed by atoms with Gasteiger partial charge in [-0.2, -0.15) is 10.5 Å². The summed E-state index contributed by atoms with van der Waals surface area (Å²) < 4.78 is 5.12. The zero-order valence-corrected chi connectivity index (χ0v) is 16.4. The first-order valence-corrected chi connectivity index (χ1v) is 8.82. The summed E-state index contributed by atoms with van der Waals surface area (Å²) in [6.07, 6.45) is 0. The van der Waals surface area contributed by atoms with Crippen molar-refractivity contribution in [1.29, 1.82) is 10.5 Å². The Morgan fingerprint density at radius 2 is 1.55 bits per heavy atom. The molecule has 0 aromatic heterocycles. The standard InChI is InChI=1S/C14H12N2O3.C8H8N2/c1-3-19-14-11(12(17)13(14)18)16-10-5-4-9(7-15)6-8(10)2;1-6-4-7(5-9)2-3-8(6)10/h4-6,16H,3H2,1-2H3;2-4H,10H2,1H3. The van der Waals surface area contributed by atoms with Gasteiger partial charge in [-0.15, -0.1) is 0 Å². The zero-order chi connectivity index (χ0) is 21.6. The number of nitriles is 2. The topological polar surface area (TPSA) is 129 Å². The van der Waals surface area contributed by atoms with Crippen LogP contribution in [-0.2, 0) is 0 Å². The molecule has 7 heteroatoms. The number of nitrogen functional groups attached to an aromatic ring is 1. The summed E-state index contributed by atoms with van der Waals surface area (Å²) in [5.74, 6) is 0.0799. The molecule has 0 bridgehead atoms. The van der Waals surface area contributed by atoms with Gasteiger partial charge < -0.3 is 15.8 Å². The Kier molecular flexibility index (Phi) is 6.73. The van der Waals surface area contributed by atoms with E-state index in [1.54, 1.807) is 43.3 Å². The van der Waals surface area contributed by atoms with Gasteiger partial charge in [0.15, 0.2) is 5.75 Å². The van der Waals surface area contributed by atoms with Crippen LogP contribution in [0.4, 0.5) is 17.1 Å². The highest BCUT2D eigenvalue weighted by molar-refractivity contribution is 5.72. The number of hydrogen-bond acceptors (Lipinski definition) is 7. The van der Waals surface area contributed by atoms with Crippen LogP contribution in [-0.4, -0.2) is 6.61 Å². The van der Waals surface area contributed by atoms with Crippen LogP contribution in [0.25, 0.3) is 0 Å². The summed E-state index contributed by atoms with van der Waals surface area (Å²) >= 11 is 0. The minimum absolute atomic E-state index is 0.0799. The van der Waals surface area contributed by atoms with Crippen molar-refractivity contribution < 1.29 is 4.74 Å². The first-order chi connectivity index (χ1) is 13.8. The van der Waals surface area contributed by atoms with Crippen molar-refractivity contribution in [3.05, 3.63) is 79.1 Å². The molecule has 0 aliphatic rings. The van der Waals surface area contributed by atoms with Crippen molar-refractivity contribution in [2.24, 2.45) is 0 Å². The third-order valence-corrected chi connectivity index (χ3v) is 4.17. The second kappa shape index (κ2) is 9.20. The van der Waals surface area contributed by atoms with E-state index in [0.717, 1.165) is 16.8 Å². The molecule has 0 atom stereocenters. The van der Waals surface area contributed by atoms with Gasteiger partial charge in [-0.3, -0.25) is 9.59 Å². The molecule has 0 heterocycles. The summed E-state index contributed by atoms with van der Waals surface area (Å²) in [5, 5.41) is 20.1. The number of nitrogens with zero attached hydrogens (tertiary/aromatic N) is 2.